The first-order valence-electron chi connectivity index (χ1n) is 11.2. The minimum Gasteiger partial charge on any atom is -0.353 e. The summed E-state index contributed by atoms with van der Waals surface area (Å²) < 4.78 is 2.04. The molecule has 2 rings (SSSR count). The van der Waals surface area contributed by atoms with Crippen LogP contribution < -0.4 is 0 Å². The van der Waals surface area contributed by atoms with Crippen LogP contribution in [0.25, 0.3) is 0 Å². The number of hydrogen-bond donors (Lipinski definition) is 0. The monoisotopic (exact) mass is 411 g/mol. The van der Waals surface area contributed by atoms with E-state index in [9.17, 15) is 9.59 Å². The summed E-state index contributed by atoms with van der Waals surface area (Å²) in [6.45, 7) is 7.42. The number of amides is 2. The maximum absolute atomic E-state index is 13.4. The minimum atomic E-state index is -0.0100. The maximum Gasteiger partial charge on any atom is 0.242 e. The van der Waals surface area contributed by atoms with Crippen LogP contribution in [0.4, 0.5) is 0 Å². The summed E-state index contributed by atoms with van der Waals surface area (Å²) in [6.07, 6.45) is 6.35. The molecule has 0 unspecified atom stereocenters. The van der Waals surface area contributed by atoms with E-state index in [0.717, 1.165) is 36.9 Å². The molecule has 0 bridgehead atoms. The first-order valence-corrected chi connectivity index (χ1v) is 11.2. The van der Waals surface area contributed by atoms with Crippen molar-refractivity contribution in [2.45, 2.75) is 72.0 Å². The van der Waals surface area contributed by atoms with E-state index in [2.05, 4.69) is 13.8 Å². The zero-order valence-corrected chi connectivity index (χ0v) is 19.0. The van der Waals surface area contributed by atoms with Crippen LogP contribution in [0.3, 0.4) is 0 Å². The van der Waals surface area contributed by atoms with Gasteiger partial charge in [-0.15, -0.1) is 0 Å². The summed E-state index contributed by atoms with van der Waals surface area (Å²) in [6, 6.07) is 14.1. The van der Waals surface area contributed by atoms with E-state index in [0.29, 0.717) is 19.5 Å². The Morgan fingerprint density at radius 3 is 2.30 bits per heavy atom. The third kappa shape index (κ3) is 7.05. The Kier molecular flexibility index (Phi) is 9.65. The van der Waals surface area contributed by atoms with Gasteiger partial charge in [0.05, 0.1) is 6.54 Å². The number of carbonyl (C=O) groups excluding carboxylic acids is 2. The van der Waals surface area contributed by atoms with E-state index in [1.54, 1.807) is 4.90 Å². The Hall–Kier alpha value is -2.56. The summed E-state index contributed by atoms with van der Waals surface area (Å²) >= 11 is 0. The maximum atomic E-state index is 13.4. The molecule has 0 aliphatic rings. The molecule has 0 aliphatic heterocycles. The summed E-state index contributed by atoms with van der Waals surface area (Å²) in [5.41, 5.74) is 2.16. The van der Waals surface area contributed by atoms with Crippen LogP contribution in [0.5, 0.6) is 0 Å². The Labute approximate surface area is 181 Å². The summed E-state index contributed by atoms with van der Waals surface area (Å²) in [5, 5.41) is 0. The average molecular weight is 412 g/mol. The molecule has 0 radical (unpaired) electrons. The number of nitrogens with zero attached hydrogens (tertiary/aromatic N) is 3. The van der Waals surface area contributed by atoms with Crippen molar-refractivity contribution in [1.82, 2.24) is 14.4 Å². The molecule has 0 fully saturated rings. The van der Waals surface area contributed by atoms with Crippen LogP contribution >= 0.6 is 0 Å². The molecule has 1 atom stereocenters. The lowest BCUT2D eigenvalue weighted by atomic mass is 10.1. The van der Waals surface area contributed by atoms with Gasteiger partial charge in [0.2, 0.25) is 11.8 Å². The van der Waals surface area contributed by atoms with Gasteiger partial charge in [0, 0.05) is 37.9 Å². The molecular weight excluding hydrogens is 374 g/mol. The topological polar surface area (TPSA) is 45.6 Å². The van der Waals surface area contributed by atoms with Gasteiger partial charge in [0.1, 0.15) is 6.54 Å². The second kappa shape index (κ2) is 12.2. The van der Waals surface area contributed by atoms with E-state index in [1.165, 1.54) is 0 Å². The number of hydrogen-bond acceptors (Lipinski definition) is 2. The lowest BCUT2D eigenvalue weighted by Gasteiger charge is -2.31. The Balaban J connectivity index is 2.16. The molecule has 5 nitrogen and oxygen atoms in total. The Morgan fingerprint density at radius 1 is 0.967 bits per heavy atom. The van der Waals surface area contributed by atoms with Gasteiger partial charge in [-0.05, 0) is 37.5 Å². The lowest BCUT2D eigenvalue weighted by Crippen LogP contribution is -2.46. The zero-order chi connectivity index (χ0) is 21.9. The van der Waals surface area contributed by atoms with Crippen molar-refractivity contribution in [3.05, 3.63) is 59.9 Å². The first kappa shape index (κ1) is 23.7. The molecule has 5 heteroatoms. The van der Waals surface area contributed by atoms with Gasteiger partial charge in [0.15, 0.2) is 0 Å². The van der Waals surface area contributed by atoms with Crippen molar-refractivity contribution in [2.24, 2.45) is 7.05 Å². The van der Waals surface area contributed by atoms with Crippen molar-refractivity contribution >= 4 is 11.8 Å². The van der Waals surface area contributed by atoms with Crippen LogP contribution in [0.1, 0.15) is 64.1 Å². The van der Waals surface area contributed by atoms with E-state index >= 15 is 0 Å². The van der Waals surface area contributed by atoms with Crippen molar-refractivity contribution in [2.75, 3.05) is 6.54 Å². The quantitative estimate of drug-likeness (QED) is 0.473. The van der Waals surface area contributed by atoms with E-state index in [-0.39, 0.29) is 24.4 Å². The summed E-state index contributed by atoms with van der Waals surface area (Å²) in [5.74, 6) is 0.0777. The largest absolute Gasteiger partial charge is 0.353 e. The summed E-state index contributed by atoms with van der Waals surface area (Å²) in [7, 11) is 1.99. The van der Waals surface area contributed by atoms with Gasteiger partial charge >= 0.3 is 0 Å². The second-order valence-corrected chi connectivity index (χ2v) is 8.08. The zero-order valence-electron chi connectivity index (χ0n) is 19.0. The second-order valence-electron chi connectivity index (χ2n) is 8.08. The van der Waals surface area contributed by atoms with Crippen LogP contribution in [-0.4, -0.2) is 38.8 Å². The number of carbonyl (C=O) groups is 2. The number of rotatable bonds is 12. The van der Waals surface area contributed by atoms with E-state index < -0.39 is 0 Å². The molecule has 164 valence electrons. The molecule has 1 aromatic heterocycles. The number of aryl methyl sites for hydroxylation is 1. The normalized spacial score (nSPS) is 11.9. The standard InChI is InChI=1S/C25H37N3O2/c1-5-7-9-16-24(29)28(21(3)6-2)20-25(30)27(18-22-13-10-8-11-14-22)19-23-15-12-17-26(23)4/h8,10-15,17,21H,5-7,9,16,18-20H2,1-4H3/t21-/m0/s1. The van der Waals surface area contributed by atoms with Gasteiger partial charge in [0.25, 0.3) is 0 Å². The van der Waals surface area contributed by atoms with Crippen molar-refractivity contribution < 1.29 is 9.59 Å². The summed E-state index contributed by atoms with van der Waals surface area (Å²) in [4.78, 5) is 29.9. The third-order valence-electron chi connectivity index (χ3n) is 5.72. The van der Waals surface area contributed by atoms with Crippen molar-refractivity contribution in [1.29, 1.82) is 0 Å². The molecule has 2 aromatic rings. The fraction of sp³-hybridized carbons (Fsp3) is 0.520. The molecule has 1 heterocycles. The fourth-order valence-electron chi connectivity index (χ4n) is 3.52. The van der Waals surface area contributed by atoms with Crippen molar-refractivity contribution in [3.63, 3.8) is 0 Å². The van der Waals surface area contributed by atoms with Gasteiger partial charge in [-0.1, -0.05) is 57.0 Å². The first-order chi connectivity index (χ1) is 14.5. The number of aromatic nitrogens is 1. The van der Waals surface area contributed by atoms with Gasteiger partial charge in [-0.2, -0.15) is 0 Å². The third-order valence-corrected chi connectivity index (χ3v) is 5.72. The highest BCUT2D eigenvalue weighted by Crippen LogP contribution is 2.14. The molecule has 0 N–H and O–H groups in total. The fourth-order valence-corrected chi connectivity index (χ4v) is 3.52. The highest BCUT2D eigenvalue weighted by molar-refractivity contribution is 5.85. The van der Waals surface area contributed by atoms with E-state index in [1.807, 2.05) is 72.1 Å². The molecule has 30 heavy (non-hydrogen) atoms. The molecule has 0 saturated carbocycles. The van der Waals surface area contributed by atoms with Crippen LogP contribution in [-0.2, 0) is 29.7 Å². The highest BCUT2D eigenvalue weighted by atomic mass is 16.2. The number of benzene rings is 1. The molecule has 0 aliphatic carbocycles. The smallest absolute Gasteiger partial charge is 0.242 e. The van der Waals surface area contributed by atoms with Gasteiger partial charge in [-0.25, -0.2) is 0 Å². The van der Waals surface area contributed by atoms with Crippen molar-refractivity contribution in [3.8, 4) is 0 Å². The van der Waals surface area contributed by atoms with Crippen LogP contribution in [0.2, 0.25) is 0 Å². The average Bonchev–Trinajstić information content (AvgIpc) is 3.16. The number of unbranched alkanes of at least 4 members (excludes halogenated alkanes) is 2. The van der Waals surface area contributed by atoms with Crippen LogP contribution in [0, 0.1) is 0 Å². The van der Waals surface area contributed by atoms with Crippen LogP contribution in [0.15, 0.2) is 48.7 Å². The Morgan fingerprint density at radius 2 is 1.70 bits per heavy atom. The molecule has 0 saturated heterocycles. The lowest BCUT2D eigenvalue weighted by molar-refractivity contribution is -0.143. The molecule has 1 aromatic carbocycles. The van der Waals surface area contributed by atoms with E-state index in [4.69, 9.17) is 0 Å². The van der Waals surface area contributed by atoms with Gasteiger partial charge in [-0.3, -0.25) is 9.59 Å². The highest BCUT2D eigenvalue weighted by Gasteiger charge is 2.25. The Bertz CT molecular complexity index is 785. The predicted molar refractivity (Wildman–Crippen MR) is 122 cm³/mol. The predicted octanol–water partition coefficient (Wildman–Crippen LogP) is 4.76. The minimum absolute atomic E-state index is 0.0100. The molecule has 0 spiro atoms. The molecular formula is C25H37N3O2. The van der Waals surface area contributed by atoms with Gasteiger partial charge < -0.3 is 14.4 Å². The molecule has 2 amide bonds. The SMILES string of the molecule is CCCCCC(=O)N(CC(=O)N(Cc1ccccc1)Cc1cccn1C)[C@@H](C)CC.